The molecule has 27 heavy (non-hydrogen) atoms. The van der Waals surface area contributed by atoms with Crippen LogP contribution in [0.1, 0.15) is 30.5 Å². The first-order valence-corrected chi connectivity index (χ1v) is 8.89. The number of amides is 1. The van der Waals surface area contributed by atoms with Crippen molar-refractivity contribution in [3.8, 4) is 5.75 Å². The quantitative estimate of drug-likeness (QED) is 0.482. The molecular formula is C20H19ClN2O4. The molecule has 1 aromatic carbocycles. The summed E-state index contributed by atoms with van der Waals surface area (Å²) in [7, 11) is 1.46. The third-order valence-corrected chi connectivity index (χ3v) is 4.76. The Bertz CT molecular complexity index is 911. The summed E-state index contributed by atoms with van der Waals surface area (Å²) in [6.45, 7) is 2.32. The highest BCUT2D eigenvalue weighted by atomic mass is 35.5. The van der Waals surface area contributed by atoms with Crippen LogP contribution in [-0.2, 0) is 9.59 Å². The van der Waals surface area contributed by atoms with Gasteiger partial charge < -0.3 is 14.7 Å². The van der Waals surface area contributed by atoms with Crippen LogP contribution in [0.4, 0.5) is 0 Å². The molecule has 1 atom stereocenters. The van der Waals surface area contributed by atoms with Gasteiger partial charge in [-0.1, -0.05) is 18.5 Å². The summed E-state index contributed by atoms with van der Waals surface area (Å²) in [6, 6.07) is 7.48. The van der Waals surface area contributed by atoms with Gasteiger partial charge in [0, 0.05) is 24.5 Å². The van der Waals surface area contributed by atoms with Crippen LogP contribution < -0.4 is 4.74 Å². The fourth-order valence-electron chi connectivity index (χ4n) is 3.21. The number of aliphatic hydroxyl groups excluding tert-OH is 1. The van der Waals surface area contributed by atoms with Crippen LogP contribution in [0.25, 0.3) is 5.76 Å². The third-order valence-electron chi connectivity index (χ3n) is 4.45. The number of ketones is 1. The van der Waals surface area contributed by atoms with Crippen molar-refractivity contribution in [2.45, 2.75) is 19.4 Å². The number of Topliss-reactive ketones (excluding diaryl/α,β-unsaturated/α-hetero) is 1. The number of aliphatic hydroxyl groups is 1. The first kappa shape index (κ1) is 18.9. The molecule has 1 saturated heterocycles. The first-order valence-electron chi connectivity index (χ1n) is 8.51. The highest BCUT2D eigenvalue weighted by Crippen LogP contribution is 2.40. The fourth-order valence-corrected chi connectivity index (χ4v) is 3.40. The number of carbonyl (C=O) groups is 2. The van der Waals surface area contributed by atoms with E-state index in [0.717, 1.165) is 0 Å². The Morgan fingerprint density at radius 3 is 2.59 bits per heavy atom. The van der Waals surface area contributed by atoms with Gasteiger partial charge in [0.2, 0.25) is 0 Å². The largest absolute Gasteiger partial charge is 0.507 e. The second-order valence-electron chi connectivity index (χ2n) is 6.12. The van der Waals surface area contributed by atoms with Crippen molar-refractivity contribution >= 4 is 29.1 Å². The van der Waals surface area contributed by atoms with Gasteiger partial charge in [0.05, 0.1) is 23.7 Å². The molecule has 0 spiro atoms. The zero-order chi connectivity index (χ0) is 19.6. The van der Waals surface area contributed by atoms with Crippen molar-refractivity contribution in [1.82, 2.24) is 9.88 Å². The second-order valence-corrected chi connectivity index (χ2v) is 6.53. The Morgan fingerprint density at radius 1 is 1.26 bits per heavy atom. The lowest BCUT2D eigenvalue weighted by molar-refractivity contribution is -0.139. The summed E-state index contributed by atoms with van der Waals surface area (Å²) in [5.74, 6) is -1.23. The minimum absolute atomic E-state index is 0.0454. The molecule has 0 aliphatic carbocycles. The van der Waals surface area contributed by atoms with Crippen LogP contribution in [0.3, 0.4) is 0 Å². The van der Waals surface area contributed by atoms with E-state index in [-0.39, 0.29) is 11.3 Å². The van der Waals surface area contributed by atoms with Gasteiger partial charge in [0.25, 0.3) is 11.7 Å². The molecule has 1 unspecified atom stereocenters. The average molecular weight is 387 g/mol. The maximum atomic E-state index is 12.7. The maximum absolute atomic E-state index is 12.7. The molecule has 1 fully saturated rings. The van der Waals surface area contributed by atoms with Crippen molar-refractivity contribution in [3.63, 3.8) is 0 Å². The van der Waals surface area contributed by atoms with E-state index in [0.29, 0.717) is 34.9 Å². The van der Waals surface area contributed by atoms with Gasteiger partial charge in [0.15, 0.2) is 0 Å². The van der Waals surface area contributed by atoms with E-state index in [1.54, 1.807) is 36.7 Å². The molecule has 2 aromatic rings. The monoisotopic (exact) mass is 386 g/mol. The van der Waals surface area contributed by atoms with Gasteiger partial charge in [0.1, 0.15) is 11.5 Å². The molecule has 6 nitrogen and oxygen atoms in total. The number of aromatic nitrogens is 1. The molecule has 1 amide bonds. The van der Waals surface area contributed by atoms with Crippen molar-refractivity contribution in [3.05, 3.63) is 64.4 Å². The van der Waals surface area contributed by atoms with Crippen LogP contribution in [-0.4, -0.2) is 40.3 Å². The molecule has 2 heterocycles. The molecule has 140 valence electrons. The fraction of sp³-hybridized carbons (Fsp3) is 0.250. The molecule has 7 heteroatoms. The summed E-state index contributed by atoms with van der Waals surface area (Å²) in [6.07, 6.45) is 3.86. The Morgan fingerprint density at radius 2 is 1.96 bits per heavy atom. The lowest BCUT2D eigenvalue weighted by Crippen LogP contribution is -2.30. The number of pyridine rings is 1. The minimum atomic E-state index is -0.711. The summed E-state index contributed by atoms with van der Waals surface area (Å²) in [4.78, 5) is 30.8. The number of carbonyl (C=O) groups excluding carboxylic acids is 2. The Kier molecular flexibility index (Phi) is 5.46. The number of hydrogen-bond donors (Lipinski definition) is 1. The highest BCUT2D eigenvalue weighted by molar-refractivity contribution is 6.46. The molecule has 0 bridgehead atoms. The Hall–Kier alpha value is -2.86. The van der Waals surface area contributed by atoms with Gasteiger partial charge in [-0.05, 0) is 42.3 Å². The van der Waals surface area contributed by atoms with Crippen molar-refractivity contribution in [2.75, 3.05) is 13.7 Å². The number of rotatable bonds is 5. The zero-order valence-corrected chi connectivity index (χ0v) is 15.7. The number of ether oxygens (including phenoxy) is 1. The smallest absolute Gasteiger partial charge is 0.295 e. The van der Waals surface area contributed by atoms with Crippen LogP contribution in [0.2, 0.25) is 5.02 Å². The predicted octanol–water partition coefficient (Wildman–Crippen LogP) is 3.58. The van der Waals surface area contributed by atoms with Crippen LogP contribution in [0.15, 0.2) is 48.3 Å². The highest BCUT2D eigenvalue weighted by Gasteiger charge is 2.45. The molecule has 1 aliphatic heterocycles. The SMILES string of the molecule is CCCN1C(=O)C(=O)/C(=C(\O)c2ccc(Cl)c(OC)c2)C1c1ccncc1. The lowest BCUT2D eigenvalue weighted by Gasteiger charge is -2.24. The van der Waals surface area contributed by atoms with Crippen molar-refractivity contribution < 1.29 is 19.4 Å². The van der Waals surface area contributed by atoms with Gasteiger partial charge in [-0.3, -0.25) is 14.6 Å². The van der Waals surface area contributed by atoms with E-state index in [1.807, 2.05) is 6.92 Å². The van der Waals surface area contributed by atoms with Gasteiger partial charge in [-0.25, -0.2) is 0 Å². The number of nitrogens with zero attached hydrogens (tertiary/aromatic N) is 2. The topological polar surface area (TPSA) is 79.7 Å². The summed E-state index contributed by atoms with van der Waals surface area (Å²) >= 11 is 6.04. The van der Waals surface area contributed by atoms with E-state index in [2.05, 4.69) is 4.98 Å². The summed E-state index contributed by atoms with van der Waals surface area (Å²) in [5.41, 5.74) is 1.11. The number of benzene rings is 1. The second kappa shape index (κ2) is 7.80. The number of halogens is 1. The van der Waals surface area contributed by atoms with Crippen molar-refractivity contribution in [1.29, 1.82) is 0 Å². The molecule has 0 saturated carbocycles. The molecular weight excluding hydrogens is 368 g/mol. The molecule has 1 N–H and O–H groups in total. The third kappa shape index (κ3) is 3.40. The van der Waals surface area contributed by atoms with E-state index < -0.39 is 17.7 Å². The number of hydrogen-bond acceptors (Lipinski definition) is 5. The van der Waals surface area contributed by atoms with E-state index >= 15 is 0 Å². The first-order chi connectivity index (χ1) is 13.0. The minimum Gasteiger partial charge on any atom is -0.507 e. The van der Waals surface area contributed by atoms with E-state index in [4.69, 9.17) is 16.3 Å². The van der Waals surface area contributed by atoms with E-state index in [9.17, 15) is 14.7 Å². The summed E-state index contributed by atoms with van der Waals surface area (Å²) in [5, 5.41) is 11.3. The number of likely N-dealkylation sites (tertiary alicyclic amines) is 1. The Balaban J connectivity index is 2.19. The molecule has 1 aliphatic rings. The average Bonchev–Trinajstić information content (AvgIpc) is 2.94. The zero-order valence-electron chi connectivity index (χ0n) is 15.0. The van der Waals surface area contributed by atoms with Crippen molar-refractivity contribution in [2.24, 2.45) is 0 Å². The normalized spacial score (nSPS) is 18.8. The van der Waals surface area contributed by atoms with Crippen LogP contribution in [0, 0.1) is 0 Å². The lowest BCUT2D eigenvalue weighted by atomic mass is 9.96. The van der Waals surface area contributed by atoms with Crippen LogP contribution in [0.5, 0.6) is 5.75 Å². The Labute approximate surface area is 162 Å². The molecule has 1 aromatic heterocycles. The van der Waals surface area contributed by atoms with E-state index in [1.165, 1.54) is 18.1 Å². The number of methoxy groups -OCH3 is 1. The summed E-state index contributed by atoms with van der Waals surface area (Å²) < 4.78 is 5.18. The molecule has 3 rings (SSSR count). The maximum Gasteiger partial charge on any atom is 0.295 e. The van der Waals surface area contributed by atoms with Gasteiger partial charge in [-0.2, -0.15) is 0 Å². The standard InChI is InChI=1S/C20H19ClN2O4/c1-3-10-23-17(12-6-8-22-9-7-12)16(19(25)20(23)26)18(24)13-4-5-14(21)15(11-13)27-2/h4-9,11,17,24H,3,10H2,1-2H3/b18-16-. The predicted molar refractivity (Wildman–Crippen MR) is 102 cm³/mol. The van der Waals surface area contributed by atoms with Gasteiger partial charge >= 0.3 is 0 Å². The molecule has 0 radical (unpaired) electrons. The van der Waals surface area contributed by atoms with Crippen LogP contribution >= 0.6 is 11.6 Å². The van der Waals surface area contributed by atoms with Gasteiger partial charge in [-0.15, -0.1) is 0 Å².